The number of aliphatic carboxylic acids is 2. The zero-order valence-electron chi connectivity index (χ0n) is 9.77. The molecule has 0 aromatic rings. The number of rotatable bonds is 6. The van der Waals surface area contributed by atoms with Crippen molar-refractivity contribution >= 4 is 17.8 Å². The van der Waals surface area contributed by atoms with Gasteiger partial charge in [-0.3, -0.25) is 9.59 Å². The molecule has 7 nitrogen and oxygen atoms in total. The van der Waals surface area contributed by atoms with Crippen molar-refractivity contribution in [2.24, 2.45) is 0 Å². The molecule has 1 amide bonds. The van der Waals surface area contributed by atoms with Crippen molar-refractivity contribution in [2.45, 2.75) is 25.8 Å². The van der Waals surface area contributed by atoms with Crippen molar-refractivity contribution in [1.29, 1.82) is 0 Å². The van der Waals surface area contributed by atoms with Crippen molar-refractivity contribution in [1.82, 2.24) is 5.32 Å². The Morgan fingerprint density at radius 2 is 1.76 bits per heavy atom. The van der Waals surface area contributed by atoms with E-state index in [4.69, 9.17) is 10.2 Å². The van der Waals surface area contributed by atoms with Gasteiger partial charge in [-0.1, -0.05) is 6.58 Å². The fourth-order valence-corrected chi connectivity index (χ4v) is 0.807. The predicted octanol–water partition coefficient (Wildman–Crippen LogP) is -3.18. The van der Waals surface area contributed by atoms with Crippen LogP contribution >= 0.6 is 0 Å². The summed E-state index contributed by atoms with van der Waals surface area (Å²) in [6.07, 6.45) is -0.461. The van der Waals surface area contributed by atoms with Gasteiger partial charge in [-0.2, -0.15) is 0 Å². The van der Waals surface area contributed by atoms with Gasteiger partial charge in [0.25, 0.3) is 0 Å². The van der Waals surface area contributed by atoms with Gasteiger partial charge in [-0.15, -0.1) is 0 Å². The molecule has 17 heavy (non-hydrogen) atoms. The Bertz CT molecular complexity index is 304. The molecule has 0 aliphatic heterocycles. The molecule has 0 heterocycles. The summed E-state index contributed by atoms with van der Waals surface area (Å²) in [6, 6.07) is -1.19. The van der Waals surface area contributed by atoms with Gasteiger partial charge in [0.2, 0.25) is 5.91 Å². The minimum absolute atomic E-state index is 0. The molecule has 0 aliphatic rings. The molecule has 1 atom stereocenters. The molecule has 0 rings (SSSR count). The average Bonchev–Trinajstić information content (AvgIpc) is 2.10. The third-order valence-corrected chi connectivity index (χ3v) is 1.64. The van der Waals surface area contributed by atoms with Gasteiger partial charge in [0.15, 0.2) is 0 Å². The Labute approximate surface area is 120 Å². The largest absolute Gasteiger partial charge is 1.00 e. The topological polar surface area (TPSA) is 134 Å². The van der Waals surface area contributed by atoms with Gasteiger partial charge in [-0.05, 0) is 13.3 Å². The van der Waals surface area contributed by atoms with E-state index in [1.54, 1.807) is 0 Å². The molecule has 0 saturated carbocycles. The first kappa shape index (κ1) is 21.4. The monoisotopic (exact) mass is 255 g/mol. The van der Waals surface area contributed by atoms with Crippen LogP contribution in [0.15, 0.2) is 12.2 Å². The number of carboxylic acid groups (broad SMARTS) is 2. The molecule has 4 N–H and O–H groups in total. The van der Waals surface area contributed by atoms with E-state index in [1.165, 1.54) is 6.92 Å². The summed E-state index contributed by atoms with van der Waals surface area (Å²) >= 11 is 0. The summed E-state index contributed by atoms with van der Waals surface area (Å²) in [4.78, 5) is 31.9. The smallest absolute Gasteiger partial charge is 0.870 e. The number of hydrogen-bond acceptors (Lipinski definition) is 4. The first-order valence-electron chi connectivity index (χ1n) is 4.25. The Morgan fingerprint density at radius 1 is 1.29 bits per heavy atom. The molecule has 0 radical (unpaired) electrons. The number of amides is 1. The van der Waals surface area contributed by atoms with E-state index in [-0.39, 0.29) is 53.4 Å². The van der Waals surface area contributed by atoms with E-state index < -0.39 is 23.9 Å². The fourth-order valence-electron chi connectivity index (χ4n) is 0.807. The van der Waals surface area contributed by atoms with Crippen molar-refractivity contribution < 1.29 is 59.6 Å². The van der Waals surface area contributed by atoms with Gasteiger partial charge in [-0.25, -0.2) is 4.79 Å². The quantitative estimate of drug-likeness (QED) is 0.338. The van der Waals surface area contributed by atoms with Crippen LogP contribution in [0.3, 0.4) is 0 Å². The van der Waals surface area contributed by atoms with Gasteiger partial charge in [0.1, 0.15) is 6.04 Å². The average molecular weight is 255 g/mol. The van der Waals surface area contributed by atoms with Crippen LogP contribution in [0.1, 0.15) is 19.8 Å². The molecule has 0 unspecified atom stereocenters. The minimum Gasteiger partial charge on any atom is -0.870 e. The number of nitrogens with one attached hydrogen (secondary N) is 1. The number of carboxylic acids is 2. The standard InChI is InChI=1S/C9H13NO5.Na.H2O/c1-5(2)8(13)10-6(9(14)15)3-4-7(11)12;;/h6H,1,3-4H2,2H3,(H,10,13)(H,11,12)(H,14,15);;1H2/q;+1;/p-1/t6-;;/m0../s1. The van der Waals surface area contributed by atoms with E-state index in [0.29, 0.717) is 0 Å². The first-order valence-corrected chi connectivity index (χ1v) is 4.25. The normalized spacial score (nSPS) is 10.2. The van der Waals surface area contributed by atoms with Crippen LogP contribution in [0.2, 0.25) is 0 Å². The molecular formula is C9H14NNaO6. The van der Waals surface area contributed by atoms with Crippen LogP contribution in [0, 0.1) is 0 Å². The van der Waals surface area contributed by atoms with E-state index in [1.807, 2.05) is 0 Å². The Balaban J connectivity index is -0.000000980. The Hall–Kier alpha value is -0.890. The summed E-state index contributed by atoms with van der Waals surface area (Å²) < 4.78 is 0. The Kier molecular flexibility index (Phi) is 12.9. The van der Waals surface area contributed by atoms with Gasteiger partial charge < -0.3 is 21.0 Å². The Morgan fingerprint density at radius 3 is 2.06 bits per heavy atom. The van der Waals surface area contributed by atoms with E-state index >= 15 is 0 Å². The number of carbonyl (C=O) groups is 3. The van der Waals surface area contributed by atoms with Crippen LogP contribution in [0.5, 0.6) is 0 Å². The predicted molar refractivity (Wildman–Crippen MR) is 53.2 cm³/mol. The van der Waals surface area contributed by atoms with Crippen LogP contribution in [-0.2, 0) is 14.4 Å². The van der Waals surface area contributed by atoms with Gasteiger partial charge in [0, 0.05) is 12.0 Å². The molecule has 0 aliphatic carbocycles. The van der Waals surface area contributed by atoms with Crippen LogP contribution in [0.25, 0.3) is 0 Å². The summed E-state index contributed by atoms with van der Waals surface area (Å²) in [7, 11) is 0. The van der Waals surface area contributed by atoms with E-state index in [9.17, 15) is 14.4 Å². The van der Waals surface area contributed by atoms with Gasteiger partial charge in [0.05, 0.1) is 0 Å². The second kappa shape index (κ2) is 10.3. The van der Waals surface area contributed by atoms with Crippen molar-refractivity contribution in [3.05, 3.63) is 12.2 Å². The second-order valence-corrected chi connectivity index (χ2v) is 3.08. The molecule has 0 spiro atoms. The van der Waals surface area contributed by atoms with Crippen molar-refractivity contribution in [3.63, 3.8) is 0 Å². The molecule has 0 aromatic carbocycles. The minimum atomic E-state index is -1.26. The third-order valence-electron chi connectivity index (χ3n) is 1.64. The maximum absolute atomic E-state index is 11.1. The second-order valence-electron chi connectivity index (χ2n) is 3.08. The van der Waals surface area contributed by atoms with Crippen LogP contribution in [-0.4, -0.2) is 39.6 Å². The van der Waals surface area contributed by atoms with E-state index in [0.717, 1.165) is 0 Å². The molecule has 0 aromatic heterocycles. The van der Waals surface area contributed by atoms with Crippen LogP contribution < -0.4 is 34.9 Å². The van der Waals surface area contributed by atoms with Crippen molar-refractivity contribution in [2.75, 3.05) is 0 Å². The summed E-state index contributed by atoms with van der Waals surface area (Å²) in [5, 5.41) is 19.2. The summed E-state index contributed by atoms with van der Waals surface area (Å²) in [5.74, 6) is -2.95. The molecule has 0 bridgehead atoms. The zero-order chi connectivity index (χ0) is 12.0. The summed E-state index contributed by atoms with van der Waals surface area (Å²) in [6.45, 7) is 4.78. The number of carbonyl (C=O) groups excluding carboxylic acids is 1. The molecular weight excluding hydrogens is 241 g/mol. The first-order chi connectivity index (χ1) is 6.84. The molecule has 92 valence electrons. The number of hydrogen-bond donors (Lipinski definition) is 3. The van der Waals surface area contributed by atoms with Gasteiger partial charge >= 0.3 is 41.5 Å². The third kappa shape index (κ3) is 10.0. The fraction of sp³-hybridized carbons (Fsp3) is 0.444. The van der Waals surface area contributed by atoms with E-state index in [2.05, 4.69) is 11.9 Å². The zero-order valence-corrected chi connectivity index (χ0v) is 11.8. The summed E-state index contributed by atoms with van der Waals surface area (Å²) in [5.41, 5.74) is 0.177. The molecule has 8 heteroatoms. The molecule has 0 fully saturated rings. The maximum Gasteiger partial charge on any atom is 1.00 e. The van der Waals surface area contributed by atoms with Crippen LogP contribution in [0.4, 0.5) is 0 Å². The maximum atomic E-state index is 11.1. The van der Waals surface area contributed by atoms with Crippen molar-refractivity contribution in [3.8, 4) is 0 Å². The molecule has 0 saturated heterocycles. The SMILES string of the molecule is C=C(C)C(=O)N[C@@H](CCC(=O)O)C(=O)O.[Na+].[OH-].